The Morgan fingerprint density at radius 3 is 2.58 bits per heavy atom. The van der Waals surface area contributed by atoms with Gasteiger partial charge in [0.2, 0.25) is 0 Å². The van der Waals surface area contributed by atoms with Gasteiger partial charge in [0, 0.05) is 22.8 Å². The molecule has 1 aliphatic heterocycles. The van der Waals surface area contributed by atoms with Crippen LogP contribution in [-0.4, -0.2) is 12.6 Å². The fourth-order valence-corrected chi connectivity index (χ4v) is 3.29. The first kappa shape index (κ1) is 16.6. The van der Waals surface area contributed by atoms with Crippen LogP contribution in [0.5, 0.6) is 0 Å². The van der Waals surface area contributed by atoms with Crippen molar-refractivity contribution in [1.82, 2.24) is 0 Å². The highest BCUT2D eigenvalue weighted by atomic mass is 35.5. The second-order valence-electron chi connectivity index (χ2n) is 5.94. The van der Waals surface area contributed by atoms with Gasteiger partial charge in [-0.1, -0.05) is 35.9 Å². The van der Waals surface area contributed by atoms with Gasteiger partial charge in [0.15, 0.2) is 0 Å². The second-order valence-corrected chi connectivity index (χ2v) is 6.35. The van der Waals surface area contributed by atoms with Gasteiger partial charge in [-0.15, -0.1) is 0 Å². The number of carbonyl (C=O) groups is 1. The van der Waals surface area contributed by atoms with Crippen LogP contribution in [-0.2, 0) is 9.53 Å². The van der Waals surface area contributed by atoms with Gasteiger partial charge in [0.25, 0.3) is 0 Å². The number of benzene rings is 2. The Morgan fingerprint density at radius 1 is 1.17 bits per heavy atom. The molecule has 0 radical (unpaired) electrons. The molecular formula is C20H20ClNO2. The van der Waals surface area contributed by atoms with Gasteiger partial charge in [-0.05, 0) is 55.2 Å². The van der Waals surface area contributed by atoms with Crippen molar-refractivity contribution < 1.29 is 9.53 Å². The van der Waals surface area contributed by atoms with E-state index in [1.807, 2.05) is 24.3 Å². The molecule has 1 atom stereocenters. The zero-order chi connectivity index (χ0) is 17.3. The van der Waals surface area contributed by atoms with Gasteiger partial charge < -0.3 is 10.1 Å². The van der Waals surface area contributed by atoms with Crippen LogP contribution in [0.3, 0.4) is 0 Å². The standard InChI is InChI=1S/C20H20ClNO2/c1-4-24-20(23)16-11-22-18-10-13(3)12(2)9-15(18)19(16)14-7-5-6-8-17(14)21/h5-11,19,22H,4H2,1-3H3. The fraction of sp³-hybridized carbons (Fsp3) is 0.250. The van der Waals surface area contributed by atoms with Crippen molar-refractivity contribution in [2.24, 2.45) is 0 Å². The predicted molar refractivity (Wildman–Crippen MR) is 97.5 cm³/mol. The third-order valence-electron chi connectivity index (χ3n) is 4.40. The summed E-state index contributed by atoms with van der Waals surface area (Å²) in [4.78, 5) is 12.5. The number of ether oxygens (including phenoxy) is 1. The van der Waals surface area contributed by atoms with Crippen molar-refractivity contribution in [3.8, 4) is 0 Å². The van der Waals surface area contributed by atoms with E-state index < -0.39 is 0 Å². The maximum absolute atomic E-state index is 12.5. The van der Waals surface area contributed by atoms with Crippen molar-refractivity contribution in [2.75, 3.05) is 11.9 Å². The highest BCUT2D eigenvalue weighted by Gasteiger charge is 2.32. The monoisotopic (exact) mass is 341 g/mol. The molecule has 0 saturated carbocycles. The number of carbonyl (C=O) groups excluding carboxylic acids is 1. The van der Waals surface area contributed by atoms with Crippen molar-refractivity contribution in [3.05, 3.63) is 75.4 Å². The molecule has 0 saturated heterocycles. The van der Waals surface area contributed by atoms with E-state index in [1.54, 1.807) is 13.1 Å². The molecule has 3 rings (SSSR count). The summed E-state index contributed by atoms with van der Waals surface area (Å²) in [6, 6.07) is 11.9. The lowest BCUT2D eigenvalue weighted by atomic mass is 9.81. The van der Waals surface area contributed by atoms with E-state index in [0.717, 1.165) is 16.8 Å². The summed E-state index contributed by atoms with van der Waals surface area (Å²) in [5, 5.41) is 3.88. The van der Waals surface area contributed by atoms with Gasteiger partial charge in [-0.25, -0.2) is 4.79 Å². The minimum Gasteiger partial charge on any atom is -0.463 e. The smallest absolute Gasteiger partial charge is 0.336 e. The molecule has 0 spiro atoms. The molecule has 1 unspecified atom stereocenters. The molecule has 2 aromatic carbocycles. The van der Waals surface area contributed by atoms with Gasteiger partial charge in [0.05, 0.1) is 12.2 Å². The average Bonchev–Trinajstić information content (AvgIpc) is 2.56. The van der Waals surface area contributed by atoms with E-state index >= 15 is 0 Å². The van der Waals surface area contributed by atoms with Crippen molar-refractivity contribution in [2.45, 2.75) is 26.7 Å². The maximum atomic E-state index is 12.5. The highest BCUT2D eigenvalue weighted by molar-refractivity contribution is 6.31. The van der Waals surface area contributed by atoms with E-state index in [2.05, 4.69) is 31.3 Å². The van der Waals surface area contributed by atoms with E-state index in [1.165, 1.54) is 11.1 Å². The molecule has 1 N–H and O–H groups in total. The molecule has 124 valence electrons. The summed E-state index contributed by atoms with van der Waals surface area (Å²) in [6.07, 6.45) is 1.74. The Morgan fingerprint density at radius 2 is 1.88 bits per heavy atom. The summed E-state index contributed by atoms with van der Waals surface area (Å²) in [6.45, 7) is 6.29. The molecule has 0 aliphatic carbocycles. The summed E-state index contributed by atoms with van der Waals surface area (Å²) >= 11 is 6.44. The van der Waals surface area contributed by atoms with E-state index in [0.29, 0.717) is 17.2 Å². The minimum atomic E-state index is -0.321. The zero-order valence-corrected chi connectivity index (χ0v) is 14.8. The van der Waals surface area contributed by atoms with Crippen LogP contribution in [0.4, 0.5) is 5.69 Å². The lowest BCUT2D eigenvalue weighted by Crippen LogP contribution is -2.22. The molecule has 1 aliphatic rings. The van der Waals surface area contributed by atoms with Gasteiger partial charge in [-0.2, -0.15) is 0 Å². The van der Waals surface area contributed by atoms with Crippen LogP contribution in [0.15, 0.2) is 48.2 Å². The number of hydrogen-bond donors (Lipinski definition) is 1. The maximum Gasteiger partial charge on any atom is 0.336 e. The highest BCUT2D eigenvalue weighted by Crippen LogP contribution is 2.43. The third kappa shape index (κ3) is 2.92. The van der Waals surface area contributed by atoms with Crippen LogP contribution in [0.2, 0.25) is 5.02 Å². The zero-order valence-electron chi connectivity index (χ0n) is 14.0. The van der Waals surface area contributed by atoms with E-state index in [-0.39, 0.29) is 11.9 Å². The van der Waals surface area contributed by atoms with Crippen LogP contribution in [0.25, 0.3) is 0 Å². The Hall–Kier alpha value is -2.26. The van der Waals surface area contributed by atoms with Crippen molar-refractivity contribution in [1.29, 1.82) is 0 Å². The largest absolute Gasteiger partial charge is 0.463 e. The number of anilines is 1. The number of esters is 1. The van der Waals surface area contributed by atoms with Crippen molar-refractivity contribution in [3.63, 3.8) is 0 Å². The molecule has 3 nitrogen and oxygen atoms in total. The normalized spacial score (nSPS) is 16.0. The van der Waals surface area contributed by atoms with Crippen LogP contribution in [0, 0.1) is 13.8 Å². The summed E-state index contributed by atoms with van der Waals surface area (Å²) in [5.74, 6) is -0.563. The number of hydrogen-bond acceptors (Lipinski definition) is 3. The fourth-order valence-electron chi connectivity index (χ4n) is 3.04. The summed E-state index contributed by atoms with van der Waals surface area (Å²) < 4.78 is 5.25. The molecule has 0 fully saturated rings. The van der Waals surface area contributed by atoms with E-state index in [9.17, 15) is 4.79 Å². The SMILES string of the molecule is CCOC(=O)C1=CNc2cc(C)c(C)cc2C1c1ccccc1Cl. The molecule has 24 heavy (non-hydrogen) atoms. The quantitative estimate of drug-likeness (QED) is 0.802. The number of halogens is 1. The molecule has 0 bridgehead atoms. The van der Waals surface area contributed by atoms with Crippen LogP contribution < -0.4 is 5.32 Å². The topological polar surface area (TPSA) is 38.3 Å². The Kier molecular flexibility index (Phi) is 4.63. The van der Waals surface area contributed by atoms with Crippen molar-refractivity contribution >= 4 is 23.3 Å². The molecule has 0 amide bonds. The Labute approximate surface area is 147 Å². The summed E-state index contributed by atoms with van der Waals surface area (Å²) in [7, 11) is 0. The van der Waals surface area contributed by atoms with Gasteiger partial charge in [0.1, 0.15) is 0 Å². The lowest BCUT2D eigenvalue weighted by Gasteiger charge is -2.28. The molecule has 0 aromatic heterocycles. The Balaban J connectivity index is 2.19. The number of rotatable bonds is 3. The van der Waals surface area contributed by atoms with Gasteiger partial charge >= 0.3 is 5.97 Å². The molecule has 2 aromatic rings. The number of fused-ring (bicyclic) bond motifs is 1. The van der Waals surface area contributed by atoms with Crippen LogP contribution >= 0.6 is 11.6 Å². The Bertz CT molecular complexity index is 826. The van der Waals surface area contributed by atoms with Crippen LogP contribution in [0.1, 0.15) is 35.1 Å². The third-order valence-corrected chi connectivity index (χ3v) is 4.74. The second kappa shape index (κ2) is 6.70. The minimum absolute atomic E-state index is 0.242. The molecular weight excluding hydrogens is 322 g/mol. The lowest BCUT2D eigenvalue weighted by molar-refractivity contribution is -0.138. The summed E-state index contributed by atoms with van der Waals surface area (Å²) in [5.41, 5.74) is 5.89. The number of nitrogens with one attached hydrogen (secondary N) is 1. The first-order valence-electron chi connectivity index (χ1n) is 8.02. The molecule has 1 heterocycles. The first-order valence-corrected chi connectivity index (χ1v) is 8.40. The average molecular weight is 342 g/mol. The van der Waals surface area contributed by atoms with Gasteiger partial charge in [-0.3, -0.25) is 0 Å². The number of aryl methyl sites for hydroxylation is 2. The molecule has 4 heteroatoms. The van der Waals surface area contributed by atoms with E-state index in [4.69, 9.17) is 16.3 Å². The first-order chi connectivity index (χ1) is 11.5. The predicted octanol–water partition coefficient (Wildman–Crippen LogP) is 4.96.